The highest BCUT2D eigenvalue weighted by molar-refractivity contribution is 5.92. The lowest BCUT2D eigenvalue weighted by atomic mass is 10.1. The first-order valence-electron chi connectivity index (χ1n) is 7.64. The van der Waals surface area contributed by atoms with Crippen molar-refractivity contribution in [2.75, 3.05) is 0 Å². The van der Waals surface area contributed by atoms with Gasteiger partial charge in [-0.05, 0) is 31.2 Å². The maximum atomic E-state index is 11.8. The standard InChI is InChI=1S/C18H14N4O4/c1-12-5-6-13(10-16(12)22(24)25)17-8-7-14(26-17)11-20-21-18(23)15-4-2-3-9-19-15/h2-11H,1H3,(H,21,23)/b20-11+. The number of nitro benzene ring substituents is 1. The minimum atomic E-state index is -0.442. The second-order valence-electron chi connectivity index (χ2n) is 5.37. The van der Waals surface area contributed by atoms with Crippen molar-refractivity contribution in [2.24, 2.45) is 5.10 Å². The number of hydrogen-bond acceptors (Lipinski definition) is 6. The van der Waals surface area contributed by atoms with E-state index in [0.29, 0.717) is 22.6 Å². The topological polar surface area (TPSA) is 111 Å². The minimum Gasteiger partial charge on any atom is -0.455 e. The molecule has 0 bridgehead atoms. The fourth-order valence-corrected chi connectivity index (χ4v) is 2.25. The lowest BCUT2D eigenvalue weighted by Crippen LogP contribution is -2.18. The summed E-state index contributed by atoms with van der Waals surface area (Å²) in [6.45, 7) is 1.67. The molecule has 26 heavy (non-hydrogen) atoms. The van der Waals surface area contributed by atoms with Crippen molar-refractivity contribution in [1.29, 1.82) is 0 Å². The second kappa shape index (κ2) is 7.39. The molecule has 2 heterocycles. The number of hydrogen-bond donors (Lipinski definition) is 1. The van der Waals surface area contributed by atoms with Gasteiger partial charge >= 0.3 is 0 Å². The van der Waals surface area contributed by atoms with E-state index < -0.39 is 10.8 Å². The van der Waals surface area contributed by atoms with Crippen molar-refractivity contribution < 1.29 is 14.1 Å². The van der Waals surface area contributed by atoms with Gasteiger partial charge in [-0.15, -0.1) is 0 Å². The molecular formula is C18H14N4O4. The van der Waals surface area contributed by atoms with Gasteiger partial charge in [-0.25, -0.2) is 5.43 Å². The fourth-order valence-electron chi connectivity index (χ4n) is 2.25. The summed E-state index contributed by atoms with van der Waals surface area (Å²) in [4.78, 5) is 26.3. The van der Waals surface area contributed by atoms with Gasteiger partial charge in [0.25, 0.3) is 11.6 Å². The van der Waals surface area contributed by atoms with Gasteiger partial charge in [-0.3, -0.25) is 19.9 Å². The van der Waals surface area contributed by atoms with E-state index in [2.05, 4.69) is 15.5 Å². The summed E-state index contributed by atoms with van der Waals surface area (Å²) in [5.74, 6) is 0.415. The molecule has 0 fully saturated rings. The van der Waals surface area contributed by atoms with Crippen molar-refractivity contribution >= 4 is 17.8 Å². The predicted octanol–water partition coefficient (Wildman–Crippen LogP) is 3.32. The third-order valence-electron chi connectivity index (χ3n) is 3.57. The van der Waals surface area contributed by atoms with Crippen molar-refractivity contribution in [3.05, 3.63) is 81.9 Å². The molecular weight excluding hydrogens is 336 g/mol. The highest BCUT2D eigenvalue weighted by atomic mass is 16.6. The van der Waals surface area contributed by atoms with Crippen LogP contribution in [0.3, 0.4) is 0 Å². The van der Waals surface area contributed by atoms with Gasteiger partial charge in [0.15, 0.2) is 0 Å². The van der Waals surface area contributed by atoms with Crippen LogP contribution in [-0.2, 0) is 0 Å². The Morgan fingerprint density at radius 2 is 2.12 bits per heavy atom. The highest BCUT2D eigenvalue weighted by Gasteiger charge is 2.13. The van der Waals surface area contributed by atoms with Crippen LogP contribution in [-0.4, -0.2) is 22.0 Å². The molecule has 8 heteroatoms. The Balaban J connectivity index is 1.71. The molecule has 1 amide bonds. The number of furan rings is 1. The Morgan fingerprint density at radius 1 is 1.27 bits per heavy atom. The van der Waals surface area contributed by atoms with Crippen LogP contribution >= 0.6 is 0 Å². The predicted molar refractivity (Wildman–Crippen MR) is 94.8 cm³/mol. The minimum absolute atomic E-state index is 0.0248. The fraction of sp³-hybridized carbons (Fsp3) is 0.0556. The summed E-state index contributed by atoms with van der Waals surface area (Å²) in [5, 5.41) is 14.9. The number of aryl methyl sites for hydroxylation is 1. The normalized spacial score (nSPS) is 10.8. The van der Waals surface area contributed by atoms with E-state index in [4.69, 9.17) is 4.42 Å². The molecule has 2 aromatic heterocycles. The summed E-state index contributed by atoms with van der Waals surface area (Å²) < 4.78 is 5.59. The zero-order valence-electron chi connectivity index (χ0n) is 13.7. The van der Waals surface area contributed by atoms with Crippen LogP contribution in [0, 0.1) is 17.0 Å². The Labute approximate surface area is 148 Å². The van der Waals surface area contributed by atoms with E-state index >= 15 is 0 Å². The molecule has 130 valence electrons. The molecule has 0 radical (unpaired) electrons. The highest BCUT2D eigenvalue weighted by Crippen LogP contribution is 2.27. The zero-order valence-corrected chi connectivity index (χ0v) is 13.7. The zero-order chi connectivity index (χ0) is 18.5. The average molecular weight is 350 g/mol. The Morgan fingerprint density at radius 3 is 2.85 bits per heavy atom. The summed E-state index contributed by atoms with van der Waals surface area (Å²) in [7, 11) is 0. The number of carbonyl (C=O) groups excluding carboxylic acids is 1. The van der Waals surface area contributed by atoms with Gasteiger partial charge < -0.3 is 4.42 Å². The van der Waals surface area contributed by atoms with Crippen LogP contribution in [0.1, 0.15) is 21.8 Å². The Hall–Kier alpha value is -3.81. The molecule has 8 nitrogen and oxygen atoms in total. The number of rotatable bonds is 5. The molecule has 1 aromatic carbocycles. The maximum Gasteiger partial charge on any atom is 0.289 e. The number of pyridine rings is 1. The lowest BCUT2D eigenvalue weighted by molar-refractivity contribution is -0.385. The number of nitrogens with zero attached hydrogens (tertiary/aromatic N) is 3. The molecule has 0 aliphatic rings. The summed E-state index contributed by atoms with van der Waals surface area (Å²) >= 11 is 0. The van der Waals surface area contributed by atoms with E-state index in [9.17, 15) is 14.9 Å². The number of nitrogens with one attached hydrogen (secondary N) is 1. The van der Waals surface area contributed by atoms with Gasteiger partial charge in [-0.1, -0.05) is 18.2 Å². The average Bonchev–Trinajstić information content (AvgIpc) is 3.11. The smallest absolute Gasteiger partial charge is 0.289 e. The first-order chi connectivity index (χ1) is 12.5. The van der Waals surface area contributed by atoms with E-state index in [1.807, 2.05) is 0 Å². The van der Waals surface area contributed by atoms with Crippen LogP contribution < -0.4 is 5.43 Å². The number of amides is 1. The van der Waals surface area contributed by atoms with E-state index in [1.54, 1.807) is 49.4 Å². The third-order valence-corrected chi connectivity index (χ3v) is 3.57. The summed E-state index contributed by atoms with van der Waals surface area (Å²) in [6.07, 6.45) is 2.85. The van der Waals surface area contributed by atoms with Crippen molar-refractivity contribution in [1.82, 2.24) is 10.4 Å². The molecule has 0 saturated carbocycles. The lowest BCUT2D eigenvalue weighted by Gasteiger charge is -2.00. The van der Waals surface area contributed by atoms with E-state index in [-0.39, 0.29) is 11.4 Å². The first kappa shape index (κ1) is 17.0. The largest absolute Gasteiger partial charge is 0.455 e. The number of hydrazone groups is 1. The van der Waals surface area contributed by atoms with Crippen LogP contribution in [0.4, 0.5) is 5.69 Å². The van der Waals surface area contributed by atoms with Crippen molar-refractivity contribution in [3.63, 3.8) is 0 Å². The van der Waals surface area contributed by atoms with Crippen LogP contribution in [0.5, 0.6) is 0 Å². The first-order valence-corrected chi connectivity index (χ1v) is 7.64. The third kappa shape index (κ3) is 3.81. The molecule has 1 N–H and O–H groups in total. The monoisotopic (exact) mass is 350 g/mol. The molecule has 0 aliphatic heterocycles. The van der Waals surface area contributed by atoms with Gasteiger partial charge in [0, 0.05) is 23.4 Å². The second-order valence-corrected chi connectivity index (χ2v) is 5.37. The van der Waals surface area contributed by atoms with Crippen LogP contribution in [0.25, 0.3) is 11.3 Å². The number of aromatic nitrogens is 1. The molecule has 3 rings (SSSR count). The quantitative estimate of drug-likeness (QED) is 0.431. The molecule has 0 aliphatic carbocycles. The maximum absolute atomic E-state index is 11.8. The van der Waals surface area contributed by atoms with Crippen molar-refractivity contribution in [3.8, 4) is 11.3 Å². The van der Waals surface area contributed by atoms with Gasteiger partial charge in [0.05, 0.1) is 11.1 Å². The Bertz CT molecular complexity index is 980. The Kier molecular flexibility index (Phi) is 4.84. The van der Waals surface area contributed by atoms with Crippen LogP contribution in [0.2, 0.25) is 0 Å². The number of carbonyl (C=O) groups is 1. The van der Waals surface area contributed by atoms with Crippen LogP contribution in [0.15, 0.2) is 64.2 Å². The van der Waals surface area contributed by atoms with Gasteiger partial charge in [0.1, 0.15) is 17.2 Å². The molecule has 3 aromatic rings. The van der Waals surface area contributed by atoms with E-state index in [1.165, 1.54) is 18.5 Å². The molecule has 0 spiro atoms. The van der Waals surface area contributed by atoms with Gasteiger partial charge in [0.2, 0.25) is 0 Å². The summed E-state index contributed by atoms with van der Waals surface area (Å²) in [6, 6.07) is 13.2. The molecule has 0 unspecified atom stereocenters. The van der Waals surface area contributed by atoms with Gasteiger partial charge in [-0.2, -0.15) is 5.10 Å². The summed E-state index contributed by atoms with van der Waals surface area (Å²) in [5.41, 5.74) is 3.77. The van der Waals surface area contributed by atoms with Crippen molar-refractivity contribution in [2.45, 2.75) is 6.92 Å². The number of benzene rings is 1. The van der Waals surface area contributed by atoms with E-state index in [0.717, 1.165) is 0 Å². The molecule has 0 atom stereocenters. The number of nitro groups is 1. The SMILES string of the molecule is Cc1ccc(-c2ccc(/C=N/NC(=O)c3ccccn3)o2)cc1[N+](=O)[O-]. The molecule has 0 saturated heterocycles.